The smallest absolute Gasteiger partial charge is 0.0847 e. The van der Waals surface area contributed by atoms with Gasteiger partial charge >= 0.3 is 0 Å². The van der Waals surface area contributed by atoms with Crippen LogP contribution in [-0.2, 0) is 25.5 Å². The number of furan rings is 1. The first-order valence-corrected chi connectivity index (χ1v) is 13.6. The number of hydrogen-bond acceptors (Lipinski definition) is 4. The summed E-state index contributed by atoms with van der Waals surface area (Å²) in [6.45, 7) is 17.1. The van der Waals surface area contributed by atoms with Crippen molar-refractivity contribution < 1.29 is 24.5 Å². The Bertz CT molecular complexity index is 1800. The first kappa shape index (κ1) is 30.3. The molecule has 211 valence electrons. The van der Waals surface area contributed by atoms with E-state index in [-0.39, 0.29) is 25.5 Å². The van der Waals surface area contributed by atoms with Crippen molar-refractivity contribution in [3.05, 3.63) is 113 Å². The van der Waals surface area contributed by atoms with Crippen LogP contribution in [0.4, 0.5) is 0 Å². The summed E-state index contributed by atoms with van der Waals surface area (Å²) >= 11 is 0. The number of pyridine rings is 3. The predicted octanol–water partition coefficient (Wildman–Crippen LogP) is 9.23. The second kappa shape index (κ2) is 12.1. The van der Waals surface area contributed by atoms with E-state index in [1.165, 1.54) is 27.8 Å². The second-order valence-corrected chi connectivity index (χ2v) is 11.6. The van der Waals surface area contributed by atoms with Crippen molar-refractivity contribution in [2.45, 2.75) is 60.8 Å². The third-order valence-corrected chi connectivity index (χ3v) is 7.39. The summed E-state index contributed by atoms with van der Waals surface area (Å²) in [7, 11) is 0. The molecule has 5 heteroatoms. The molecule has 0 amide bonds. The summed E-state index contributed by atoms with van der Waals surface area (Å²) in [5.74, 6) is 0. The molecule has 6 rings (SSSR count). The fourth-order valence-electron chi connectivity index (χ4n) is 4.56. The van der Waals surface area contributed by atoms with Crippen LogP contribution in [0.5, 0.6) is 0 Å². The van der Waals surface area contributed by atoms with Crippen molar-refractivity contribution >= 4 is 21.9 Å². The molecule has 0 aliphatic carbocycles. The fraction of sp³-hybridized carbons (Fsp3) is 0.250. The minimum Gasteiger partial charge on any atom is -0.506 e. The zero-order valence-electron chi connectivity index (χ0n) is 24.9. The summed E-state index contributed by atoms with van der Waals surface area (Å²) in [6.07, 6.45) is 7.35. The second-order valence-electron chi connectivity index (χ2n) is 11.6. The Hall–Kier alpha value is -3.66. The Morgan fingerprint density at radius 2 is 1.51 bits per heavy atom. The molecule has 0 atom stereocenters. The van der Waals surface area contributed by atoms with Gasteiger partial charge in [0.05, 0.1) is 5.58 Å². The topological polar surface area (TPSA) is 51.8 Å². The van der Waals surface area contributed by atoms with Crippen LogP contribution in [-0.4, -0.2) is 15.0 Å². The zero-order valence-corrected chi connectivity index (χ0v) is 27.3. The molecule has 0 aliphatic heterocycles. The molecule has 4 nitrogen and oxygen atoms in total. The van der Waals surface area contributed by atoms with Gasteiger partial charge < -0.3 is 9.40 Å². The van der Waals surface area contributed by atoms with Gasteiger partial charge in [0, 0.05) is 56.2 Å². The van der Waals surface area contributed by atoms with Crippen molar-refractivity contribution in [3.8, 4) is 22.5 Å². The van der Waals surface area contributed by atoms with Crippen LogP contribution in [0.15, 0.2) is 71.7 Å². The largest absolute Gasteiger partial charge is 0.506 e. The van der Waals surface area contributed by atoms with E-state index in [1.807, 2.05) is 37.6 Å². The summed E-state index contributed by atoms with van der Waals surface area (Å²) in [5.41, 5.74) is 13.1. The van der Waals surface area contributed by atoms with Gasteiger partial charge in [0.1, 0.15) is 0 Å². The summed E-state index contributed by atoms with van der Waals surface area (Å²) < 4.78 is 5.63. The zero-order chi connectivity index (χ0) is 28.6. The number of aromatic nitrogens is 3. The van der Waals surface area contributed by atoms with Gasteiger partial charge in [0.25, 0.3) is 0 Å². The molecule has 0 N–H and O–H groups in total. The Morgan fingerprint density at radius 3 is 2.22 bits per heavy atom. The average Bonchev–Trinajstić information content (AvgIpc) is 3.40. The molecular formula is C36H35IrN3O-2. The van der Waals surface area contributed by atoms with E-state index in [0.29, 0.717) is 0 Å². The molecule has 1 radical (unpaired) electrons. The van der Waals surface area contributed by atoms with Gasteiger partial charge in [0.2, 0.25) is 0 Å². The van der Waals surface area contributed by atoms with Gasteiger partial charge in [-0.15, -0.1) is 41.0 Å². The van der Waals surface area contributed by atoms with Gasteiger partial charge in [-0.25, -0.2) is 0 Å². The summed E-state index contributed by atoms with van der Waals surface area (Å²) in [4.78, 5) is 13.7. The summed E-state index contributed by atoms with van der Waals surface area (Å²) in [6, 6.07) is 21.3. The number of hydrogen-bond donors (Lipinski definition) is 0. The van der Waals surface area contributed by atoms with Crippen molar-refractivity contribution in [2.75, 3.05) is 0 Å². The maximum atomic E-state index is 5.63. The first-order chi connectivity index (χ1) is 19.0. The van der Waals surface area contributed by atoms with E-state index in [9.17, 15) is 0 Å². The molecule has 6 aromatic rings. The van der Waals surface area contributed by atoms with E-state index >= 15 is 0 Å². The minimum atomic E-state index is 0. The molecule has 0 spiro atoms. The van der Waals surface area contributed by atoms with Crippen LogP contribution in [0.1, 0.15) is 54.2 Å². The van der Waals surface area contributed by atoms with Crippen LogP contribution in [0, 0.1) is 46.8 Å². The molecule has 4 aromatic heterocycles. The van der Waals surface area contributed by atoms with Crippen LogP contribution in [0.25, 0.3) is 44.4 Å². The van der Waals surface area contributed by atoms with E-state index < -0.39 is 0 Å². The number of benzene rings is 2. The number of fused-ring (bicyclic) bond motifs is 3. The monoisotopic (exact) mass is 718 g/mol. The summed E-state index contributed by atoms with van der Waals surface area (Å²) in [5, 5.41) is 1.95. The van der Waals surface area contributed by atoms with Gasteiger partial charge in [-0.2, -0.15) is 0 Å². The van der Waals surface area contributed by atoms with E-state index in [1.54, 1.807) is 6.26 Å². The average molecular weight is 718 g/mol. The van der Waals surface area contributed by atoms with Crippen LogP contribution < -0.4 is 0 Å². The van der Waals surface area contributed by atoms with Gasteiger partial charge in [-0.1, -0.05) is 80.8 Å². The van der Waals surface area contributed by atoms with Crippen molar-refractivity contribution in [1.29, 1.82) is 0 Å². The molecular weight excluding hydrogens is 683 g/mol. The van der Waals surface area contributed by atoms with Gasteiger partial charge in [-0.05, 0) is 54.6 Å². The van der Waals surface area contributed by atoms with Gasteiger partial charge in [-0.3, -0.25) is 9.97 Å². The number of nitrogens with zero attached hydrogens (tertiary/aromatic N) is 3. The molecule has 2 aromatic carbocycles. The molecule has 41 heavy (non-hydrogen) atoms. The molecule has 0 unspecified atom stereocenters. The SMILES string of the molecule is Cc1c[c-]c(-c2cc(C)c(C)cn2)cc1C.Cc1cnc2c(c1)c(-c1cc(C(C)(C)C)ccn1)[c-]c1ccoc12.[Ir]. The van der Waals surface area contributed by atoms with E-state index in [4.69, 9.17) is 4.42 Å². The Kier molecular flexibility index (Phi) is 8.91. The number of aryl methyl sites for hydroxylation is 5. The Balaban J connectivity index is 0.000000200. The molecule has 0 saturated carbocycles. The normalized spacial score (nSPS) is 11.2. The van der Waals surface area contributed by atoms with Crippen molar-refractivity contribution in [2.24, 2.45) is 0 Å². The van der Waals surface area contributed by atoms with Crippen LogP contribution >= 0.6 is 0 Å². The van der Waals surface area contributed by atoms with Crippen molar-refractivity contribution in [1.82, 2.24) is 15.0 Å². The molecule has 0 fully saturated rings. The Labute approximate surface area is 256 Å². The third-order valence-electron chi connectivity index (χ3n) is 7.39. The van der Waals surface area contributed by atoms with Crippen LogP contribution in [0.2, 0.25) is 0 Å². The predicted molar refractivity (Wildman–Crippen MR) is 164 cm³/mol. The van der Waals surface area contributed by atoms with Crippen LogP contribution in [0.3, 0.4) is 0 Å². The third kappa shape index (κ3) is 6.48. The molecule has 0 aliphatic rings. The molecule has 4 heterocycles. The first-order valence-electron chi connectivity index (χ1n) is 13.6. The standard InChI is InChI=1S/C21H19N2O.C15H16N.Ir/c1-13-9-17-16(18-11-15(5-7-22-18)21(2,3)4)10-14-6-8-24-20(14)19(17)23-12-13;1-10-5-6-14(7-11(10)2)15-8-12(3)13(4)9-16-15;/h5-9,11-12H,1-4H3;5,7-9H,1-4H3;/q2*-1;. The Morgan fingerprint density at radius 1 is 0.756 bits per heavy atom. The number of rotatable bonds is 2. The van der Waals surface area contributed by atoms with Gasteiger partial charge in [0.15, 0.2) is 0 Å². The minimum absolute atomic E-state index is 0. The quantitative estimate of drug-likeness (QED) is 0.168. The molecule has 0 saturated heterocycles. The maximum Gasteiger partial charge on any atom is 0.0847 e. The van der Waals surface area contributed by atoms with E-state index in [2.05, 4.69) is 106 Å². The maximum absolute atomic E-state index is 5.63. The molecule has 0 bridgehead atoms. The van der Waals surface area contributed by atoms with Crippen molar-refractivity contribution in [3.63, 3.8) is 0 Å². The fourth-order valence-corrected chi connectivity index (χ4v) is 4.56. The van der Waals surface area contributed by atoms with E-state index in [0.717, 1.165) is 50.0 Å².